The maximum atomic E-state index is 13.1. The number of piperidine rings is 2. The summed E-state index contributed by atoms with van der Waals surface area (Å²) in [6.07, 6.45) is 3.10. The van der Waals surface area contributed by atoms with Crippen molar-refractivity contribution in [1.82, 2.24) is 9.21 Å². The molecule has 2 saturated heterocycles. The maximum absolute atomic E-state index is 13.1. The first-order chi connectivity index (χ1) is 15.8. The van der Waals surface area contributed by atoms with Crippen LogP contribution >= 0.6 is 0 Å². The molecule has 0 aromatic heterocycles. The van der Waals surface area contributed by atoms with Crippen molar-refractivity contribution >= 4 is 21.6 Å². The molecule has 2 aliphatic heterocycles. The van der Waals surface area contributed by atoms with Crippen LogP contribution in [0.15, 0.2) is 53.4 Å². The quantitative estimate of drug-likeness (QED) is 0.693. The van der Waals surface area contributed by atoms with Gasteiger partial charge in [-0.25, -0.2) is 12.8 Å². The fourth-order valence-electron chi connectivity index (χ4n) is 4.27. The molecule has 0 atom stereocenters. The number of nitrogens with zero attached hydrogens (tertiary/aromatic N) is 2. The summed E-state index contributed by atoms with van der Waals surface area (Å²) in [5.41, 5.74) is 0.692. The summed E-state index contributed by atoms with van der Waals surface area (Å²) in [4.78, 5) is 15.1. The zero-order chi connectivity index (χ0) is 23.4. The Morgan fingerprint density at radius 3 is 2.15 bits per heavy atom. The molecule has 0 aliphatic carbocycles. The number of nitrogens with one attached hydrogen (secondary N) is 1. The van der Waals surface area contributed by atoms with Crippen LogP contribution in [0.3, 0.4) is 0 Å². The first-order valence-corrected chi connectivity index (χ1v) is 12.8. The van der Waals surface area contributed by atoms with Gasteiger partial charge < -0.3 is 15.0 Å². The molecule has 4 rings (SSSR count). The van der Waals surface area contributed by atoms with Gasteiger partial charge in [-0.3, -0.25) is 4.79 Å². The molecule has 7 nitrogen and oxygen atoms in total. The summed E-state index contributed by atoms with van der Waals surface area (Å²) >= 11 is 0. The number of rotatable bonds is 6. The van der Waals surface area contributed by atoms with E-state index < -0.39 is 15.8 Å². The van der Waals surface area contributed by atoms with Crippen molar-refractivity contribution in [3.8, 4) is 5.75 Å². The third-order valence-electron chi connectivity index (χ3n) is 6.37. The van der Waals surface area contributed by atoms with E-state index in [0.29, 0.717) is 18.5 Å². The van der Waals surface area contributed by atoms with E-state index in [1.54, 1.807) is 0 Å². The van der Waals surface area contributed by atoms with Crippen LogP contribution in [0, 0.1) is 11.7 Å². The van der Waals surface area contributed by atoms with Gasteiger partial charge in [0.1, 0.15) is 17.7 Å². The number of hydrogen-bond acceptors (Lipinski definition) is 5. The van der Waals surface area contributed by atoms with Crippen molar-refractivity contribution in [3.05, 3.63) is 54.3 Å². The van der Waals surface area contributed by atoms with E-state index in [2.05, 4.69) is 17.3 Å². The summed E-state index contributed by atoms with van der Waals surface area (Å²) in [5.74, 6) is -0.0646. The lowest BCUT2D eigenvalue weighted by Gasteiger charge is -2.30. The van der Waals surface area contributed by atoms with Crippen LogP contribution < -0.4 is 10.1 Å². The van der Waals surface area contributed by atoms with Crippen LogP contribution in [0.1, 0.15) is 25.7 Å². The smallest absolute Gasteiger partial charge is 0.243 e. The third kappa shape index (κ3) is 5.90. The van der Waals surface area contributed by atoms with Gasteiger partial charge in [0.15, 0.2) is 0 Å². The number of sulfonamides is 1. The Labute approximate surface area is 194 Å². The Bertz CT molecular complexity index is 1040. The minimum Gasteiger partial charge on any atom is -0.490 e. The number of benzene rings is 2. The normalized spacial score (nSPS) is 19.3. The minimum absolute atomic E-state index is 0.0642. The van der Waals surface area contributed by atoms with Crippen molar-refractivity contribution in [2.45, 2.75) is 36.7 Å². The number of halogens is 1. The Morgan fingerprint density at radius 2 is 1.55 bits per heavy atom. The molecular formula is C24H30FN3O4S. The van der Waals surface area contributed by atoms with Gasteiger partial charge in [-0.15, -0.1) is 0 Å². The van der Waals surface area contributed by atoms with Crippen LogP contribution in [0.2, 0.25) is 0 Å². The molecule has 0 bridgehead atoms. The lowest BCUT2D eigenvalue weighted by atomic mass is 9.97. The Kier molecular flexibility index (Phi) is 7.31. The van der Waals surface area contributed by atoms with E-state index in [0.717, 1.165) is 43.8 Å². The van der Waals surface area contributed by atoms with Crippen molar-refractivity contribution in [3.63, 3.8) is 0 Å². The lowest BCUT2D eigenvalue weighted by Crippen LogP contribution is -2.41. The highest BCUT2D eigenvalue weighted by atomic mass is 32.2. The van der Waals surface area contributed by atoms with E-state index in [9.17, 15) is 17.6 Å². The summed E-state index contributed by atoms with van der Waals surface area (Å²) in [7, 11) is -1.58. The van der Waals surface area contributed by atoms with E-state index in [1.165, 1.54) is 16.4 Å². The molecule has 1 amide bonds. The maximum Gasteiger partial charge on any atom is 0.243 e. The highest BCUT2D eigenvalue weighted by Crippen LogP contribution is 2.26. The van der Waals surface area contributed by atoms with Crippen LogP contribution in [0.5, 0.6) is 5.75 Å². The molecule has 0 saturated carbocycles. The van der Waals surface area contributed by atoms with Gasteiger partial charge in [-0.05, 0) is 81.3 Å². The van der Waals surface area contributed by atoms with Gasteiger partial charge in [0.25, 0.3) is 0 Å². The van der Waals surface area contributed by atoms with Crippen molar-refractivity contribution in [1.29, 1.82) is 0 Å². The summed E-state index contributed by atoms with van der Waals surface area (Å²) in [6, 6.07) is 12.2. The molecule has 2 heterocycles. The largest absolute Gasteiger partial charge is 0.490 e. The standard InChI is InChI=1S/C24H30FN3O4S/c1-27-14-12-22(13-15-27)32-21-6-4-20(5-7-21)26-24(29)18-10-16-28(17-11-18)33(30,31)23-8-2-19(25)3-9-23/h2-9,18,22H,10-17H2,1H3,(H,26,29). The highest BCUT2D eigenvalue weighted by molar-refractivity contribution is 7.89. The molecule has 2 aliphatic rings. The van der Waals surface area contributed by atoms with Crippen molar-refractivity contribution in [2.75, 3.05) is 38.5 Å². The van der Waals surface area contributed by atoms with Crippen LogP contribution in [-0.2, 0) is 14.8 Å². The fourth-order valence-corrected chi connectivity index (χ4v) is 5.74. The first-order valence-electron chi connectivity index (χ1n) is 11.3. The van der Waals surface area contributed by atoms with E-state index >= 15 is 0 Å². The van der Waals surface area contributed by atoms with E-state index in [-0.39, 0.29) is 35.9 Å². The molecule has 178 valence electrons. The van der Waals surface area contributed by atoms with Gasteiger partial charge in [0, 0.05) is 37.8 Å². The molecule has 2 aromatic carbocycles. The zero-order valence-electron chi connectivity index (χ0n) is 18.7. The minimum atomic E-state index is -3.69. The molecule has 0 unspecified atom stereocenters. The number of ether oxygens (including phenoxy) is 1. The predicted molar refractivity (Wildman–Crippen MR) is 124 cm³/mol. The van der Waals surface area contributed by atoms with E-state index in [4.69, 9.17) is 4.74 Å². The van der Waals surface area contributed by atoms with Crippen LogP contribution in [-0.4, -0.2) is 62.9 Å². The van der Waals surface area contributed by atoms with Gasteiger partial charge in [-0.2, -0.15) is 4.31 Å². The van der Waals surface area contributed by atoms with Gasteiger partial charge in [-0.1, -0.05) is 0 Å². The zero-order valence-corrected chi connectivity index (χ0v) is 19.6. The topological polar surface area (TPSA) is 79.0 Å². The molecule has 33 heavy (non-hydrogen) atoms. The van der Waals surface area contributed by atoms with Crippen molar-refractivity contribution in [2.24, 2.45) is 5.92 Å². The fraction of sp³-hybridized carbons (Fsp3) is 0.458. The number of likely N-dealkylation sites (tertiary alicyclic amines) is 1. The molecular weight excluding hydrogens is 445 g/mol. The van der Waals surface area contributed by atoms with Gasteiger partial charge >= 0.3 is 0 Å². The second-order valence-electron chi connectivity index (χ2n) is 8.77. The number of carbonyl (C=O) groups is 1. The average molecular weight is 476 g/mol. The number of hydrogen-bond donors (Lipinski definition) is 1. The Balaban J connectivity index is 1.27. The monoisotopic (exact) mass is 475 g/mol. The second-order valence-corrected chi connectivity index (χ2v) is 10.7. The highest BCUT2D eigenvalue weighted by Gasteiger charge is 2.32. The SMILES string of the molecule is CN1CCC(Oc2ccc(NC(=O)C3CCN(S(=O)(=O)c4ccc(F)cc4)CC3)cc2)CC1. The lowest BCUT2D eigenvalue weighted by molar-refractivity contribution is -0.120. The average Bonchev–Trinajstić information content (AvgIpc) is 2.82. The predicted octanol–water partition coefficient (Wildman–Crippen LogP) is 3.34. The molecule has 0 radical (unpaired) electrons. The molecule has 2 aromatic rings. The Hall–Kier alpha value is -2.49. The molecule has 9 heteroatoms. The number of carbonyl (C=O) groups excluding carboxylic acids is 1. The van der Waals surface area contributed by atoms with E-state index in [1.807, 2.05) is 24.3 Å². The summed E-state index contributed by atoms with van der Waals surface area (Å²) < 4.78 is 46.0. The van der Waals surface area contributed by atoms with Crippen LogP contribution in [0.4, 0.5) is 10.1 Å². The third-order valence-corrected chi connectivity index (χ3v) is 8.28. The summed E-state index contributed by atoms with van der Waals surface area (Å²) in [6.45, 7) is 2.56. The van der Waals surface area contributed by atoms with Crippen molar-refractivity contribution < 1.29 is 22.3 Å². The summed E-state index contributed by atoms with van der Waals surface area (Å²) in [5, 5.41) is 2.93. The van der Waals surface area contributed by atoms with Gasteiger partial charge in [0.05, 0.1) is 4.90 Å². The Morgan fingerprint density at radius 1 is 0.939 bits per heavy atom. The van der Waals surface area contributed by atoms with Crippen LogP contribution in [0.25, 0.3) is 0 Å². The second kappa shape index (κ2) is 10.2. The first kappa shape index (κ1) is 23.7. The molecule has 1 N–H and O–H groups in total. The number of anilines is 1. The molecule has 2 fully saturated rings. The number of amides is 1. The van der Waals surface area contributed by atoms with Gasteiger partial charge in [0.2, 0.25) is 15.9 Å². The molecule has 0 spiro atoms.